The number of rotatable bonds is 19. The highest BCUT2D eigenvalue weighted by molar-refractivity contribution is 5.39. The summed E-state index contributed by atoms with van der Waals surface area (Å²) in [5.74, 6) is 0. The van der Waals surface area contributed by atoms with Gasteiger partial charge in [0.25, 0.3) is 0 Å². The standard InChI is InChI=1S/C30H51O5/c1-2-3-4-5-6-7-8-9-10-11-12-13-14-15-16-17-20-24-21-18-19-22-25(24)30-29(34)28(33)27(32)26(23-31)35-30/h18-19,21-22,26-29,31-34H,2-17,20,23H2,1H3/t26-,27-,28+,29-/m1/s1. The Kier molecular flexibility index (Phi) is 15.8. The van der Waals surface area contributed by atoms with Gasteiger partial charge in [-0.15, -0.1) is 0 Å². The zero-order chi connectivity index (χ0) is 25.3. The minimum Gasteiger partial charge on any atom is -0.394 e. The van der Waals surface area contributed by atoms with Crippen molar-refractivity contribution in [2.24, 2.45) is 0 Å². The second-order valence-corrected chi connectivity index (χ2v) is 10.3. The molecule has 5 nitrogen and oxygen atoms in total. The molecule has 0 bridgehead atoms. The summed E-state index contributed by atoms with van der Waals surface area (Å²) in [5.41, 5.74) is 1.82. The number of benzene rings is 1. The van der Waals surface area contributed by atoms with Gasteiger partial charge in [0.1, 0.15) is 24.4 Å². The number of hydrogen-bond donors (Lipinski definition) is 4. The van der Waals surface area contributed by atoms with Crippen LogP contribution in [0.5, 0.6) is 0 Å². The third kappa shape index (κ3) is 10.9. The maximum Gasteiger partial charge on any atom is 0.158 e. The summed E-state index contributed by atoms with van der Waals surface area (Å²) in [6.07, 6.45) is 17.6. The summed E-state index contributed by atoms with van der Waals surface area (Å²) in [4.78, 5) is 0. The SMILES string of the molecule is CCCCCCCCCCCCCCCCCCc1ccccc1[C]1O[C@H](CO)[C@@H](O)[C@H](O)[C@H]1O. The van der Waals surface area contributed by atoms with Crippen molar-refractivity contribution in [3.05, 3.63) is 41.5 Å². The van der Waals surface area contributed by atoms with E-state index in [0.717, 1.165) is 24.0 Å². The Labute approximate surface area is 213 Å². The number of unbranched alkanes of at least 4 members (excludes halogenated alkanes) is 15. The Morgan fingerprint density at radius 1 is 0.657 bits per heavy atom. The van der Waals surface area contributed by atoms with Gasteiger partial charge in [-0.2, -0.15) is 0 Å². The van der Waals surface area contributed by atoms with Gasteiger partial charge in [0.05, 0.1) is 6.61 Å². The van der Waals surface area contributed by atoms with Crippen molar-refractivity contribution in [1.82, 2.24) is 0 Å². The van der Waals surface area contributed by atoms with Crippen LogP contribution in [0.1, 0.15) is 121 Å². The monoisotopic (exact) mass is 491 g/mol. The molecule has 201 valence electrons. The molecule has 1 aromatic rings. The smallest absolute Gasteiger partial charge is 0.158 e. The van der Waals surface area contributed by atoms with Crippen molar-refractivity contribution in [2.45, 2.75) is 140 Å². The normalized spacial score (nSPS) is 23.1. The van der Waals surface area contributed by atoms with Crippen molar-refractivity contribution >= 4 is 0 Å². The zero-order valence-electron chi connectivity index (χ0n) is 22.0. The van der Waals surface area contributed by atoms with Gasteiger partial charge in [-0.1, -0.05) is 128 Å². The van der Waals surface area contributed by atoms with Gasteiger partial charge in [0, 0.05) is 0 Å². The second-order valence-electron chi connectivity index (χ2n) is 10.3. The van der Waals surface area contributed by atoms with E-state index in [1.54, 1.807) is 0 Å². The fourth-order valence-electron chi connectivity index (χ4n) is 5.07. The summed E-state index contributed by atoms with van der Waals surface area (Å²) in [5, 5.41) is 40.1. The van der Waals surface area contributed by atoms with Gasteiger partial charge >= 0.3 is 0 Å². The van der Waals surface area contributed by atoms with Crippen LogP contribution in [0.15, 0.2) is 24.3 Å². The van der Waals surface area contributed by atoms with Crippen LogP contribution in [-0.4, -0.2) is 51.4 Å². The predicted molar refractivity (Wildman–Crippen MR) is 142 cm³/mol. The summed E-state index contributed by atoms with van der Waals surface area (Å²) in [7, 11) is 0. The first kappa shape index (κ1) is 30.2. The van der Waals surface area contributed by atoms with Crippen LogP contribution in [0.3, 0.4) is 0 Å². The summed E-state index contributed by atoms with van der Waals surface area (Å²) in [6, 6.07) is 7.74. The average Bonchev–Trinajstić information content (AvgIpc) is 2.87. The Morgan fingerprint density at radius 3 is 1.66 bits per heavy atom. The molecule has 0 amide bonds. The lowest BCUT2D eigenvalue weighted by molar-refractivity contribution is -0.184. The van der Waals surface area contributed by atoms with Crippen LogP contribution in [0, 0.1) is 6.10 Å². The van der Waals surface area contributed by atoms with Crippen molar-refractivity contribution in [1.29, 1.82) is 0 Å². The molecule has 0 aliphatic carbocycles. The summed E-state index contributed by atoms with van der Waals surface area (Å²) >= 11 is 0. The highest BCUT2D eigenvalue weighted by Gasteiger charge is 2.45. The molecule has 4 atom stereocenters. The van der Waals surface area contributed by atoms with Crippen LogP contribution < -0.4 is 0 Å². The van der Waals surface area contributed by atoms with E-state index in [1.807, 2.05) is 24.3 Å². The van der Waals surface area contributed by atoms with Crippen LogP contribution in [0.2, 0.25) is 0 Å². The lowest BCUT2D eigenvalue weighted by Crippen LogP contribution is -2.55. The fourth-order valence-corrected chi connectivity index (χ4v) is 5.07. The number of aliphatic hydroxyl groups is 4. The van der Waals surface area contributed by atoms with E-state index < -0.39 is 31.0 Å². The molecular formula is C30H51O5. The number of aryl methyl sites for hydroxylation is 1. The molecule has 1 aliphatic heterocycles. The molecule has 0 aromatic heterocycles. The molecule has 1 saturated heterocycles. The van der Waals surface area contributed by atoms with E-state index in [9.17, 15) is 20.4 Å². The molecule has 4 N–H and O–H groups in total. The van der Waals surface area contributed by atoms with Crippen LogP contribution >= 0.6 is 0 Å². The van der Waals surface area contributed by atoms with Gasteiger partial charge in [-0.3, -0.25) is 0 Å². The van der Waals surface area contributed by atoms with E-state index >= 15 is 0 Å². The zero-order valence-corrected chi connectivity index (χ0v) is 22.0. The van der Waals surface area contributed by atoms with Gasteiger partial charge < -0.3 is 25.2 Å². The van der Waals surface area contributed by atoms with Crippen molar-refractivity contribution in [3.63, 3.8) is 0 Å². The lowest BCUT2D eigenvalue weighted by Gasteiger charge is -2.40. The predicted octanol–water partition coefficient (Wildman–Crippen LogP) is 5.84. The van der Waals surface area contributed by atoms with E-state index in [2.05, 4.69) is 6.92 Å². The van der Waals surface area contributed by atoms with Crippen molar-refractivity contribution in [2.75, 3.05) is 6.61 Å². The molecule has 1 aromatic carbocycles. The van der Waals surface area contributed by atoms with E-state index in [0.29, 0.717) is 0 Å². The highest BCUT2D eigenvalue weighted by Crippen LogP contribution is 2.33. The molecule has 1 heterocycles. The first-order valence-corrected chi connectivity index (χ1v) is 14.4. The first-order valence-electron chi connectivity index (χ1n) is 14.4. The molecule has 0 spiro atoms. The fraction of sp³-hybridized carbons (Fsp3) is 0.767. The number of ether oxygens (including phenoxy) is 1. The van der Waals surface area contributed by atoms with Gasteiger partial charge in [-0.05, 0) is 24.0 Å². The van der Waals surface area contributed by atoms with Crippen molar-refractivity contribution < 1.29 is 25.2 Å². The third-order valence-electron chi connectivity index (χ3n) is 7.36. The Morgan fingerprint density at radius 2 is 1.14 bits per heavy atom. The largest absolute Gasteiger partial charge is 0.394 e. The van der Waals surface area contributed by atoms with Crippen LogP contribution in [0.25, 0.3) is 0 Å². The minimum absolute atomic E-state index is 0.244. The molecule has 35 heavy (non-hydrogen) atoms. The topological polar surface area (TPSA) is 90.2 Å². The first-order chi connectivity index (χ1) is 17.1. The van der Waals surface area contributed by atoms with Gasteiger partial charge in [-0.25, -0.2) is 0 Å². The highest BCUT2D eigenvalue weighted by atomic mass is 16.5. The third-order valence-corrected chi connectivity index (χ3v) is 7.36. The van der Waals surface area contributed by atoms with Crippen molar-refractivity contribution in [3.8, 4) is 0 Å². The Hall–Kier alpha value is -0.980. The number of hydrogen-bond acceptors (Lipinski definition) is 5. The maximum atomic E-state index is 10.5. The van der Waals surface area contributed by atoms with E-state index in [1.165, 1.54) is 96.3 Å². The molecule has 2 rings (SSSR count). The van der Waals surface area contributed by atoms with Crippen LogP contribution in [0.4, 0.5) is 0 Å². The molecule has 1 aliphatic rings. The molecule has 5 heteroatoms. The maximum absolute atomic E-state index is 10.5. The quantitative estimate of drug-likeness (QED) is 0.182. The molecular weight excluding hydrogens is 440 g/mol. The Bertz CT molecular complexity index is 649. The van der Waals surface area contributed by atoms with E-state index in [4.69, 9.17) is 4.74 Å². The molecule has 0 saturated carbocycles. The molecule has 0 unspecified atom stereocenters. The average molecular weight is 492 g/mol. The Balaban J connectivity index is 1.56. The van der Waals surface area contributed by atoms with Gasteiger partial charge in [0.2, 0.25) is 0 Å². The van der Waals surface area contributed by atoms with Crippen LogP contribution in [-0.2, 0) is 11.2 Å². The minimum atomic E-state index is -1.38. The number of aliphatic hydroxyl groups excluding tert-OH is 4. The summed E-state index contributed by atoms with van der Waals surface area (Å²) in [6.45, 7) is 1.85. The molecule has 1 radical (unpaired) electrons. The van der Waals surface area contributed by atoms with Gasteiger partial charge in [0.15, 0.2) is 6.10 Å². The summed E-state index contributed by atoms with van der Waals surface area (Å²) < 4.78 is 5.70. The molecule has 1 fully saturated rings. The lowest BCUT2D eigenvalue weighted by atomic mass is 9.88. The van der Waals surface area contributed by atoms with E-state index in [-0.39, 0.29) is 6.10 Å². The second kappa shape index (κ2) is 18.3.